The number of hydrogen-bond acceptors (Lipinski definition) is 1. The van der Waals surface area contributed by atoms with Gasteiger partial charge in [0.15, 0.2) is 5.78 Å². The SMILES string of the molecule is CC(=O)c1cc(C(C)C)c(F)cc1C. The van der Waals surface area contributed by atoms with Crippen LogP contribution in [0.25, 0.3) is 0 Å². The van der Waals surface area contributed by atoms with Crippen molar-refractivity contribution in [2.45, 2.75) is 33.6 Å². The van der Waals surface area contributed by atoms with E-state index in [1.807, 2.05) is 13.8 Å². The summed E-state index contributed by atoms with van der Waals surface area (Å²) in [5, 5.41) is 0. The van der Waals surface area contributed by atoms with Gasteiger partial charge in [-0.3, -0.25) is 4.79 Å². The summed E-state index contributed by atoms with van der Waals surface area (Å²) in [5.41, 5.74) is 1.94. The van der Waals surface area contributed by atoms with E-state index in [0.29, 0.717) is 16.7 Å². The Balaban J connectivity index is 3.34. The fraction of sp³-hybridized carbons (Fsp3) is 0.417. The topological polar surface area (TPSA) is 17.1 Å². The Hall–Kier alpha value is -1.18. The van der Waals surface area contributed by atoms with Crippen molar-refractivity contribution in [3.8, 4) is 0 Å². The third kappa shape index (κ3) is 2.00. The van der Waals surface area contributed by atoms with Crippen molar-refractivity contribution < 1.29 is 9.18 Å². The molecule has 0 atom stereocenters. The van der Waals surface area contributed by atoms with Gasteiger partial charge in [-0.15, -0.1) is 0 Å². The fourth-order valence-corrected chi connectivity index (χ4v) is 1.51. The summed E-state index contributed by atoms with van der Waals surface area (Å²) in [7, 11) is 0. The molecule has 0 N–H and O–H groups in total. The van der Waals surface area contributed by atoms with Crippen molar-refractivity contribution >= 4 is 5.78 Å². The number of benzene rings is 1. The van der Waals surface area contributed by atoms with E-state index in [2.05, 4.69) is 0 Å². The number of rotatable bonds is 2. The molecule has 1 nitrogen and oxygen atoms in total. The van der Waals surface area contributed by atoms with Crippen molar-refractivity contribution in [1.82, 2.24) is 0 Å². The number of hydrogen-bond donors (Lipinski definition) is 0. The molecule has 0 aliphatic carbocycles. The summed E-state index contributed by atoms with van der Waals surface area (Å²) in [6.45, 7) is 7.09. The summed E-state index contributed by atoms with van der Waals surface area (Å²) in [4.78, 5) is 11.2. The van der Waals surface area contributed by atoms with Gasteiger partial charge in [-0.25, -0.2) is 4.39 Å². The van der Waals surface area contributed by atoms with E-state index < -0.39 is 0 Å². The van der Waals surface area contributed by atoms with Crippen molar-refractivity contribution in [2.75, 3.05) is 0 Å². The van der Waals surface area contributed by atoms with Gasteiger partial charge in [-0.05, 0) is 43.0 Å². The quantitative estimate of drug-likeness (QED) is 0.659. The average molecular weight is 194 g/mol. The van der Waals surface area contributed by atoms with Crippen LogP contribution in [-0.2, 0) is 0 Å². The van der Waals surface area contributed by atoms with Crippen LogP contribution in [0.4, 0.5) is 4.39 Å². The molecule has 1 rings (SSSR count). The van der Waals surface area contributed by atoms with Crippen molar-refractivity contribution in [2.24, 2.45) is 0 Å². The maximum Gasteiger partial charge on any atom is 0.160 e. The molecule has 1 aromatic carbocycles. The third-order valence-corrected chi connectivity index (χ3v) is 2.34. The van der Waals surface area contributed by atoms with Gasteiger partial charge < -0.3 is 0 Å². The highest BCUT2D eigenvalue weighted by Crippen LogP contribution is 2.22. The van der Waals surface area contributed by atoms with E-state index in [1.54, 1.807) is 13.0 Å². The summed E-state index contributed by atoms with van der Waals surface area (Å²) in [6.07, 6.45) is 0. The Morgan fingerprint density at radius 2 is 1.93 bits per heavy atom. The van der Waals surface area contributed by atoms with Gasteiger partial charge in [-0.1, -0.05) is 13.8 Å². The van der Waals surface area contributed by atoms with E-state index >= 15 is 0 Å². The molecule has 0 saturated carbocycles. The standard InChI is InChI=1S/C12H15FO/c1-7(2)10-6-11(9(4)14)8(3)5-12(10)13/h5-7H,1-4H3. The predicted octanol–water partition coefficient (Wildman–Crippen LogP) is 3.46. The normalized spacial score (nSPS) is 10.7. The molecule has 0 spiro atoms. The van der Waals surface area contributed by atoms with Crippen LogP contribution >= 0.6 is 0 Å². The van der Waals surface area contributed by atoms with Crippen LogP contribution in [0.15, 0.2) is 12.1 Å². The van der Waals surface area contributed by atoms with Crippen LogP contribution in [0.2, 0.25) is 0 Å². The van der Waals surface area contributed by atoms with E-state index in [4.69, 9.17) is 0 Å². The summed E-state index contributed by atoms with van der Waals surface area (Å²) < 4.78 is 13.4. The highest BCUT2D eigenvalue weighted by Gasteiger charge is 2.12. The fourth-order valence-electron chi connectivity index (χ4n) is 1.51. The molecule has 0 aromatic heterocycles. The second kappa shape index (κ2) is 3.91. The Bertz CT molecular complexity index is 367. The molecule has 0 bridgehead atoms. The van der Waals surface area contributed by atoms with E-state index in [0.717, 1.165) is 0 Å². The zero-order valence-corrected chi connectivity index (χ0v) is 9.02. The van der Waals surface area contributed by atoms with E-state index in [9.17, 15) is 9.18 Å². The van der Waals surface area contributed by atoms with E-state index in [-0.39, 0.29) is 17.5 Å². The molecule has 0 radical (unpaired) electrons. The number of ketones is 1. The van der Waals surface area contributed by atoms with Crippen LogP contribution in [-0.4, -0.2) is 5.78 Å². The van der Waals surface area contributed by atoms with Crippen LogP contribution in [0.1, 0.15) is 48.2 Å². The highest BCUT2D eigenvalue weighted by molar-refractivity contribution is 5.95. The van der Waals surface area contributed by atoms with Crippen molar-refractivity contribution in [3.63, 3.8) is 0 Å². The maximum atomic E-state index is 13.4. The molecule has 0 aliphatic rings. The molecular weight excluding hydrogens is 179 g/mol. The molecule has 0 heterocycles. The third-order valence-electron chi connectivity index (χ3n) is 2.34. The second-order valence-corrected chi connectivity index (χ2v) is 3.90. The van der Waals surface area contributed by atoms with Gasteiger partial charge in [0.1, 0.15) is 5.82 Å². The van der Waals surface area contributed by atoms with Crippen molar-refractivity contribution in [1.29, 1.82) is 0 Å². The monoisotopic (exact) mass is 194 g/mol. The molecule has 14 heavy (non-hydrogen) atoms. The Labute approximate surface area is 83.9 Å². The lowest BCUT2D eigenvalue weighted by molar-refractivity contribution is 0.101. The molecular formula is C12H15FO. The first kappa shape index (κ1) is 10.9. The maximum absolute atomic E-state index is 13.4. The predicted molar refractivity (Wildman–Crippen MR) is 55.2 cm³/mol. The minimum atomic E-state index is -0.220. The average Bonchev–Trinajstić information content (AvgIpc) is 2.02. The number of carbonyl (C=O) groups is 1. The first-order valence-corrected chi connectivity index (χ1v) is 4.74. The Kier molecular flexibility index (Phi) is 3.04. The summed E-state index contributed by atoms with van der Waals surface area (Å²) in [5.74, 6) is -0.124. The first-order valence-electron chi connectivity index (χ1n) is 4.74. The number of carbonyl (C=O) groups excluding carboxylic acids is 1. The molecule has 0 unspecified atom stereocenters. The van der Waals surface area contributed by atoms with Gasteiger partial charge in [0.25, 0.3) is 0 Å². The lowest BCUT2D eigenvalue weighted by atomic mass is 9.95. The molecule has 2 heteroatoms. The van der Waals surface area contributed by atoms with Gasteiger partial charge in [0.05, 0.1) is 0 Å². The zero-order chi connectivity index (χ0) is 10.9. The second-order valence-electron chi connectivity index (χ2n) is 3.90. The van der Waals surface area contributed by atoms with E-state index in [1.165, 1.54) is 13.0 Å². The Morgan fingerprint density at radius 1 is 1.36 bits per heavy atom. The smallest absolute Gasteiger partial charge is 0.160 e. The van der Waals surface area contributed by atoms with Gasteiger partial charge in [-0.2, -0.15) is 0 Å². The first-order chi connectivity index (χ1) is 6.43. The zero-order valence-electron chi connectivity index (χ0n) is 9.02. The minimum Gasteiger partial charge on any atom is -0.295 e. The van der Waals surface area contributed by atoms with Crippen LogP contribution in [0.5, 0.6) is 0 Å². The molecule has 1 aromatic rings. The molecule has 0 amide bonds. The molecule has 0 fully saturated rings. The van der Waals surface area contributed by atoms with Gasteiger partial charge >= 0.3 is 0 Å². The van der Waals surface area contributed by atoms with Gasteiger partial charge in [0.2, 0.25) is 0 Å². The molecule has 0 saturated heterocycles. The molecule has 76 valence electrons. The highest BCUT2D eigenvalue weighted by atomic mass is 19.1. The van der Waals surface area contributed by atoms with Gasteiger partial charge in [0, 0.05) is 5.56 Å². The summed E-state index contributed by atoms with van der Waals surface area (Å²) >= 11 is 0. The Morgan fingerprint density at radius 3 is 2.36 bits per heavy atom. The molecule has 0 aliphatic heterocycles. The van der Waals surface area contributed by atoms with Crippen LogP contribution in [0.3, 0.4) is 0 Å². The number of aryl methyl sites for hydroxylation is 1. The van der Waals surface area contributed by atoms with Crippen molar-refractivity contribution in [3.05, 3.63) is 34.6 Å². The minimum absolute atomic E-state index is 0.00981. The number of halogens is 1. The lowest BCUT2D eigenvalue weighted by Crippen LogP contribution is -2.02. The lowest BCUT2D eigenvalue weighted by Gasteiger charge is -2.10. The van der Waals surface area contributed by atoms with Crippen LogP contribution < -0.4 is 0 Å². The van der Waals surface area contributed by atoms with Crippen LogP contribution in [0, 0.1) is 12.7 Å². The largest absolute Gasteiger partial charge is 0.295 e. The summed E-state index contributed by atoms with van der Waals surface area (Å²) in [6, 6.07) is 3.10. The number of Topliss-reactive ketones (excluding diaryl/α,β-unsaturated/α-hetero) is 1.